The van der Waals surface area contributed by atoms with Crippen LogP contribution in [0.4, 0.5) is 0 Å². The molecule has 5 heteroatoms. The minimum absolute atomic E-state index is 0.233. The zero-order valence-electron chi connectivity index (χ0n) is 10.6. The molecule has 0 saturated carbocycles. The van der Waals surface area contributed by atoms with Crippen LogP contribution in [-0.4, -0.2) is 73.8 Å². The third-order valence-electron chi connectivity index (χ3n) is 4.00. The van der Waals surface area contributed by atoms with Crippen molar-refractivity contribution in [2.24, 2.45) is 5.41 Å². The van der Waals surface area contributed by atoms with Gasteiger partial charge in [0.05, 0.1) is 12.2 Å². The lowest BCUT2D eigenvalue weighted by Crippen LogP contribution is -2.46. The second kappa shape index (κ2) is 5.63. The van der Waals surface area contributed by atoms with Crippen LogP contribution < -0.4 is 5.32 Å². The second-order valence-corrected chi connectivity index (χ2v) is 5.47. The van der Waals surface area contributed by atoms with Crippen LogP contribution in [0.2, 0.25) is 0 Å². The zero-order chi connectivity index (χ0) is 12.3. The molecule has 0 spiro atoms. The van der Waals surface area contributed by atoms with Crippen LogP contribution in [0, 0.1) is 5.41 Å². The van der Waals surface area contributed by atoms with E-state index in [1.165, 1.54) is 0 Å². The third-order valence-corrected chi connectivity index (χ3v) is 4.00. The van der Waals surface area contributed by atoms with Crippen LogP contribution in [0.3, 0.4) is 0 Å². The molecule has 100 valence electrons. The number of hydrogen-bond donors (Lipinski definition) is 3. The molecule has 2 saturated heterocycles. The first-order chi connectivity index (χ1) is 8.15. The topological polar surface area (TPSA) is 65.0 Å². The first kappa shape index (κ1) is 13.2. The van der Waals surface area contributed by atoms with Crippen molar-refractivity contribution in [3.8, 4) is 0 Å². The quantitative estimate of drug-likeness (QED) is 0.594. The van der Waals surface area contributed by atoms with E-state index in [0.29, 0.717) is 13.1 Å². The van der Waals surface area contributed by atoms with Crippen molar-refractivity contribution in [1.82, 2.24) is 10.2 Å². The summed E-state index contributed by atoms with van der Waals surface area (Å²) in [4.78, 5) is 2.18. The fourth-order valence-electron chi connectivity index (χ4n) is 3.02. The van der Waals surface area contributed by atoms with Gasteiger partial charge in [0.25, 0.3) is 0 Å². The number of nitrogens with zero attached hydrogens (tertiary/aromatic N) is 1. The Morgan fingerprint density at radius 1 is 1.24 bits per heavy atom. The molecule has 5 nitrogen and oxygen atoms in total. The van der Waals surface area contributed by atoms with E-state index in [0.717, 1.165) is 39.1 Å². The van der Waals surface area contributed by atoms with E-state index in [9.17, 15) is 10.2 Å². The molecule has 0 aliphatic carbocycles. The molecular formula is C12H24N2O3. The van der Waals surface area contributed by atoms with Crippen molar-refractivity contribution in [1.29, 1.82) is 0 Å². The molecule has 0 amide bonds. The second-order valence-electron chi connectivity index (χ2n) is 5.47. The van der Waals surface area contributed by atoms with Gasteiger partial charge in [-0.1, -0.05) is 0 Å². The van der Waals surface area contributed by atoms with E-state index < -0.39 is 12.2 Å². The van der Waals surface area contributed by atoms with Gasteiger partial charge in [0.1, 0.15) is 0 Å². The fourth-order valence-corrected chi connectivity index (χ4v) is 3.02. The molecule has 2 heterocycles. The molecule has 0 aromatic rings. The summed E-state index contributed by atoms with van der Waals surface area (Å²) in [5.41, 5.74) is 0.233. The van der Waals surface area contributed by atoms with Crippen LogP contribution in [0.15, 0.2) is 0 Å². The van der Waals surface area contributed by atoms with E-state index in [2.05, 4.69) is 10.2 Å². The molecule has 2 rings (SSSR count). The molecule has 2 atom stereocenters. The van der Waals surface area contributed by atoms with Crippen molar-refractivity contribution in [2.45, 2.75) is 25.0 Å². The normalized spacial score (nSPS) is 34.1. The predicted octanol–water partition coefficient (Wildman–Crippen LogP) is -0.960. The highest BCUT2D eigenvalue weighted by atomic mass is 16.5. The average molecular weight is 244 g/mol. The molecule has 0 aromatic carbocycles. The summed E-state index contributed by atoms with van der Waals surface area (Å²) in [5.74, 6) is 0. The highest BCUT2D eigenvalue weighted by molar-refractivity contribution is 4.91. The molecule has 17 heavy (non-hydrogen) atoms. The highest BCUT2D eigenvalue weighted by Crippen LogP contribution is 2.32. The van der Waals surface area contributed by atoms with E-state index in [1.807, 2.05) is 7.05 Å². The van der Waals surface area contributed by atoms with Crippen LogP contribution >= 0.6 is 0 Å². The molecule has 0 aromatic heterocycles. The van der Waals surface area contributed by atoms with Gasteiger partial charge < -0.3 is 20.3 Å². The minimum Gasteiger partial charge on any atom is -0.389 e. The Morgan fingerprint density at radius 3 is 2.35 bits per heavy atom. The van der Waals surface area contributed by atoms with Gasteiger partial charge >= 0.3 is 0 Å². The van der Waals surface area contributed by atoms with Crippen LogP contribution in [-0.2, 0) is 4.74 Å². The van der Waals surface area contributed by atoms with Crippen LogP contribution in [0.25, 0.3) is 0 Å². The summed E-state index contributed by atoms with van der Waals surface area (Å²) >= 11 is 0. The maximum absolute atomic E-state index is 9.58. The highest BCUT2D eigenvalue weighted by Gasteiger charge is 2.38. The Hall–Kier alpha value is -0.200. The molecule has 2 fully saturated rings. The van der Waals surface area contributed by atoms with Gasteiger partial charge in [-0.25, -0.2) is 0 Å². The summed E-state index contributed by atoms with van der Waals surface area (Å²) in [6, 6.07) is 0. The third kappa shape index (κ3) is 3.17. The first-order valence-corrected chi connectivity index (χ1v) is 6.46. The Kier molecular flexibility index (Phi) is 4.38. The fraction of sp³-hybridized carbons (Fsp3) is 1.00. The lowest BCUT2D eigenvalue weighted by atomic mass is 9.79. The Balaban J connectivity index is 1.93. The maximum atomic E-state index is 9.58. The Morgan fingerprint density at radius 2 is 1.82 bits per heavy atom. The molecule has 2 aliphatic rings. The smallest absolute Gasteiger partial charge is 0.0938 e. The maximum Gasteiger partial charge on any atom is 0.0938 e. The molecule has 2 unspecified atom stereocenters. The summed E-state index contributed by atoms with van der Waals surface area (Å²) < 4.78 is 5.43. The van der Waals surface area contributed by atoms with Crippen molar-refractivity contribution in [2.75, 3.05) is 46.4 Å². The van der Waals surface area contributed by atoms with Crippen molar-refractivity contribution in [3.05, 3.63) is 0 Å². The SMILES string of the molecule is CNCC1(CN2CC(O)C(O)C2)CCOCC1. The summed E-state index contributed by atoms with van der Waals surface area (Å²) in [5, 5.41) is 22.4. The van der Waals surface area contributed by atoms with Crippen LogP contribution in [0.1, 0.15) is 12.8 Å². The Bertz CT molecular complexity index is 228. The summed E-state index contributed by atoms with van der Waals surface area (Å²) in [6.45, 7) is 4.73. The van der Waals surface area contributed by atoms with E-state index in [1.54, 1.807) is 0 Å². The molecule has 2 aliphatic heterocycles. The van der Waals surface area contributed by atoms with Gasteiger partial charge in [0, 0.05) is 39.4 Å². The molecule has 3 N–H and O–H groups in total. The monoisotopic (exact) mass is 244 g/mol. The Labute approximate surface area is 103 Å². The first-order valence-electron chi connectivity index (χ1n) is 6.46. The number of nitrogens with one attached hydrogen (secondary N) is 1. The van der Waals surface area contributed by atoms with E-state index in [4.69, 9.17) is 4.74 Å². The largest absolute Gasteiger partial charge is 0.389 e. The van der Waals surface area contributed by atoms with E-state index >= 15 is 0 Å². The lowest BCUT2D eigenvalue weighted by Gasteiger charge is -2.40. The van der Waals surface area contributed by atoms with Gasteiger partial charge in [-0.3, -0.25) is 4.90 Å². The number of ether oxygens (including phenoxy) is 1. The van der Waals surface area contributed by atoms with Crippen molar-refractivity contribution >= 4 is 0 Å². The average Bonchev–Trinajstić information content (AvgIpc) is 2.59. The minimum atomic E-state index is -0.582. The predicted molar refractivity (Wildman–Crippen MR) is 64.9 cm³/mol. The zero-order valence-corrected chi connectivity index (χ0v) is 10.6. The van der Waals surface area contributed by atoms with Crippen LogP contribution in [0.5, 0.6) is 0 Å². The van der Waals surface area contributed by atoms with Gasteiger partial charge in [-0.05, 0) is 25.3 Å². The van der Waals surface area contributed by atoms with E-state index in [-0.39, 0.29) is 5.41 Å². The van der Waals surface area contributed by atoms with Gasteiger partial charge in [-0.15, -0.1) is 0 Å². The number of rotatable bonds is 4. The summed E-state index contributed by atoms with van der Waals surface area (Å²) in [6.07, 6.45) is 0.940. The number of aliphatic hydroxyl groups excluding tert-OH is 2. The molecular weight excluding hydrogens is 220 g/mol. The molecule has 0 bridgehead atoms. The summed E-state index contributed by atoms with van der Waals surface area (Å²) in [7, 11) is 1.98. The van der Waals surface area contributed by atoms with Gasteiger partial charge in [0.15, 0.2) is 0 Å². The number of hydrogen-bond acceptors (Lipinski definition) is 5. The van der Waals surface area contributed by atoms with Gasteiger partial charge in [0.2, 0.25) is 0 Å². The number of likely N-dealkylation sites (tertiary alicyclic amines) is 1. The van der Waals surface area contributed by atoms with Crippen molar-refractivity contribution < 1.29 is 14.9 Å². The molecule has 0 radical (unpaired) electrons. The van der Waals surface area contributed by atoms with Crippen molar-refractivity contribution in [3.63, 3.8) is 0 Å². The number of aliphatic hydroxyl groups is 2. The lowest BCUT2D eigenvalue weighted by molar-refractivity contribution is -0.00188. The number of β-amino-alcohol motifs (C(OH)–C–C–N with tert-alkyl or cyclic N) is 2. The van der Waals surface area contributed by atoms with Gasteiger partial charge in [-0.2, -0.15) is 0 Å². The standard InChI is InChI=1S/C12H24N2O3/c1-13-8-12(2-4-17-5-3-12)9-14-6-10(15)11(16)7-14/h10-11,13,15-16H,2-9H2,1H3.